The Morgan fingerprint density at radius 2 is 1.85 bits per heavy atom. The molecule has 214 valence electrons. The van der Waals surface area contributed by atoms with Gasteiger partial charge in [0.25, 0.3) is 0 Å². The van der Waals surface area contributed by atoms with Gasteiger partial charge in [-0.05, 0) is 35.8 Å². The number of likely N-dealkylation sites (tertiary alicyclic amines) is 1. The molecule has 2 heterocycles. The maximum absolute atomic E-state index is 13.8. The van der Waals surface area contributed by atoms with Crippen LogP contribution in [0.4, 0.5) is 0 Å². The lowest BCUT2D eigenvalue weighted by Gasteiger charge is -2.37. The Hall–Kier alpha value is -2.33. The Bertz CT molecular complexity index is 1110. The Balaban J connectivity index is 1.38. The third-order valence-electron chi connectivity index (χ3n) is 8.05. The van der Waals surface area contributed by atoms with E-state index in [-0.39, 0.29) is 24.8 Å². The number of nitrogens with one attached hydrogen (secondary N) is 2. The number of aryl methyl sites for hydroxylation is 1. The number of hydrogen-bond acceptors (Lipinski definition) is 7. The lowest BCUT2D eigenvalue weighted by molar-refractivity contribution is -0.143. The predicted octanol–water partition coefficient (Wildman–Crippen LogP) is 3.99. The first kappa shape index (κ1) is 29.6. The van der Waals surface area contributed by atoms with Gasteiger partial charge in [-0.25, -0.2) is 4.98 Å². The molecule has 2 aromatic rings. The molecule has 1 saturated heterocycles. The van der Waals surface area contributed by atoms with Crippen LogP contribution >= 0.6 is 11.3 Å². The highest BCUT2D eigenvalue weighted by atomic mass is 32.1. The highest BCUT2D eigenvalue weighted by Gasteiger charge is 2.44. The van der Waals surface area contributed by atoms with Crippen LogP contribution in [-0.2, 0) is 16.1 Å². The van der Waals surface area contributed by atoms with Crippen molar-refractivity contribution in [2.45, 2.75) is 104 Å². The van der Waals surface area contributed by atoms with E-state index >= 15 is 0 Å². The van der Waals surface area contributed by atoms with E-state index in [9.17, 15) is 19.8 Å². The molecule has 9 heteroatoms. The second-order valence-corrected chi connectivity index (χ2v) is 13.2. The molecule has 1 saturated carbocycles. The van der Waals surface area contributed by atoms with Crippen molar-refractivity contribution in [1.29, 1.82) is 0 Å². The number of amides is 2. The van der Waals surface area contributed by atoms with Crippen molar-refractivity contribution in [2.75, 3.05) is 6.54 Å². The average molecular weight is 557 g/mol. The SMILES string of the molecule is Cc1ncsc1-c1ccc(CNC(=O)[C@@H]2C[C@@H](O)CN2C(=O)[C@@H](NC(O)CC2CCCCC2)C(C)(C)C)cc1. The molecular formula is C30H44N4O4S. The number of nitrogens with zero attached hydrogens (tertiary/aromatic N) is 2. The number of thiazole rings is 1. The van der Waals surface area contributed by atoms with Crippen LogP contribution in [0, 0.1) is 18.3 Å². The lowest BCUT2D eigenvalue weighted by atomic mass is 9.84. The fourth-order valence-electron chi connectivity index (χ4n) is 5.82. The molecule has 0 radical (unpaired) electrons. The number of rotatable bonds is 9. The van der Waals surface area contributed by atoms with Crippen LogP contribution in [0.1, 0.15) is 77.0 Å². The first-order valence-corrected chi connectivity index (χ1v) is 15.1. The van der Waals surface area contributed by atoms with Crippen molar-refractivity contribution >= 4 is 23.2 Å². The number of carbonyl (C=O) groups is 2. The quantitative estimate of drug-likeness (QED) is 0.347. The first-order valence-electron chi connectivity index (χ1n) is 14.2. The third-order valence-corrected chi connectivity index (χ3v) is 9.02. The normalized spacial score (nSPS) is 22.1. The molecule has 1 aliphatic heterocycles. The summed E-state index contributed by atoms with van der Waals surface area (Å²) in [6, 6.07) is 6.57. The van der Waals surface area contributed by atoms with E-state index < -0.39 is 29.8 Å². The van der Waals surface area contributed by atoms with Gasteiger partial charge in [-0.2, -0.15) is 0 Å². The molecule has 1 aromatic heterocycles. The molecule has 2 aliphatic rings. The summed E-state index contributed by atoms with van der Waals surface area (Å²) < 4.78 is 0. The van der Waals surface area contributed by atoms with E-state index in [1.165, 1.54) is 24.2 Å². The van der Waals surface area contributed by atoms with Crippen molar-refractivity contribution in [3.63, 3.8) is 0 Å². The fourth-order valence-corrected chi connectivity index (χ4v) is 6.63. The molecule has 4 rings (SSSR count). The summed E-state index contributed by atoms with van der Waals surface area (Å²) in [6.45, 7) is 8.28. The van der Waals surface area contributed by atoms with E-state index in [4.69, 9.17) is 0 Å². The van der Waals surface area contributed by atoms with Crippen molar-refractivity contribution in [3.05, 3.63) is 41.0 Å². The van der Waals surface area contributed by atoms with Crippen LogP contribution in [0.2, 0.25) is 0 Å². The van der Waals surface area contributed by atoms with E-state index in [2.05, 4.69) is 15.6 Å². The second-order valence-electron chi connectivity index (χ2n) is 12.3. The van der Waals surface area contributed by atoms with Gasteiger partial charge in [0.1, 0.15) is 12.3 Å². The molecule has 2 amide bonds. The molecule has 4 N–H and O–H groups in total. The van der Waals surface area contributed by atoms with Gasteiger partial charge < -0.3 is 20.4 Å². The fraction of sp³-hybridized carbons (Fsp3) is 0.633. The minimum Gasteiger partial charge on any atom is -0.391 e. The number of aliphatic hydroxyl groups excluding tert-OH is 2. The van der Waals surface area contributed by atoms with Gasteiger partial charge in [0.2, 0.25) is 11.8 Å². The zero-order chi connectivity index (χ0) is 28.2. The molecule has 1 unspecified atom stereocenters. The summed E-state index contributed by atoms with van der Waals surface area (Å²) in [5.74, 6) is -0.0759. The smallest absolute Gasteiger partial charge is 0.243 e. The monoisotopic (exact) mass is 556 g/mol. The van der Waals surface area contributed by atoms with Crippen LogP contribution in [0.3, 0.4) is 0 Å². The van der Waals surface area contributed by atoms with Crippen molar-refractivity contribution in [3.8, 4) is 10.4 Å². The number of carbonyl (C=O) groups excluding carboxylic acids is 2. The average Bonchev–Trinajstić information content (AvgIpc) is 3.51. The summed E-state index contributed by atoms with van der Waals surface area (Å²) in [5.41, 5.74) is 4.38. The van der Waals surface area contributed by atoms with Gasteiger partial charge in [-0.3, -0.25) is 14.9 Å². The predicted molar refractivity (Wildman–Crippen MR) is 154 cm³/mol. The van der Waals surface area contributed by atoms with Crippen molar-refractivity contribution < 1.29 is 19.8 Å². The molecule has 1 aliphatic carbocycles. The summed E-state index contributed by atoms with van der Waals surface area (Å²) >= 11 is 1.60. The Kier molecular flexibility index (Phi) is 9.80. The number of aromatic nitrogens is 1. The number of hydrogen-bond donors (Lipinski definition) is 4. The Morgan fingerprint density at radius 3 is 2.46 bits per heavy atom. The summed E-state index contributed by atoms with van der Waals surface area (Å²) in [6.07, 6.45) is 5.12. The van der Waals surface area contributed by atoms with Gasteiger partial charge in [0, 0.05) is 19.5 Å². The van der Waals surface area contributed by atoms with Gasteiger partial charge in [-0.1, -0.05) is 77.1 Å². The molecule has 0 spiro atoms. The second kappa shape index (κ2) is 12.9. The van der Waals surface area contributed by atoms with Crippen molar-refractivity contribution in [2.24, 2.45) is 11.3 Å². The molecule has 2 fully saturated rings. The molecule has 39 heavy (non-hydrogen) atoms. The molecule has 4 atom stereocenters. The lowest BCUT2D eigenvalue weighted by Crippen LogP contribution is -2.58. The van der Waals surface area contributed by atoms with Gasteiger partial charge in [-0.15, -0.1) is 11.3 Å². The number of aliphatic hydroxyl groups is 2. The maximum atomic E-state index is 13.8. The maximum Gasteiger partial charge on any atom is 0.243 e. The van der Waals surface area contributed by atoms with Crippen LogP contribution in [0.25, 0.3) is 10.4 Å². The zero-order valence-electron chi connectivity index (χ0n) is 23.7. The van der Waals surface area contributed by atoms with Crippen LogP contribution in [0.15, 0.2) is 29.8 Å². The Labute approximate surface area is 236 Å². The van der Waals surface area contributed by atoms with Gasteiger partial charge in [0.15, 0.2) is 0 Å². The van der Waals surface area contributed by atoms with E-state index in [0.717, 1.165) is 34.5 Å². The highest BCUT2D eigenvalue weighted by molar-refractivity contribution is 7.13. The minimum atomic E-state index is -0.794. The summed E-state index contributed by atoms with van der Waals surface area (Å²) in [7, 11) is 0. The van der Waals surface area contributed by atoms with Crippen LogP contribution in [0.5, 0.6) is 0 Å². The van der Waals surface area contributed by atoms with E-state index in [0.29, 0.717) is 18.9 Å². The number of β-amino-alcohol motifs (C(OH)–C–C–N with tert-alkyl or cyclic N) is 1. The summed E-state index contributed by atoms with van der Waals surface area (Å²) in [5, 5.41) is 27.4. The van der Waals surface area contributed by atoms with Crippen LogP contribution in [-0.4, -0.2) is 62.9 Å². The highest BCUT2D eigenvalue weighted by Crippen LogP contribution is 2.30. The minimum absolute atomic E-state index is 0.104. The van der Waals surface area contributed by atoms with Gasteiger partial charge >= 0.3 is 0 Å². The molecule has 0 bridgehead atoms. The zero-order valence-corrected chi connectivity index (χ0v) is 24.5. The molecular weight excluding hydrogens is 512 g/mol. The topological polar surface area (TPSA) is 115 Å². The largest absolute Gasteiger partial charge is 0.391 e. The standard InChI is InChI=1S/C30H44N4O4S/c1-19-26(39-18-32-19)22-12-10-21(11-13-22)16-31-28(37)24-15-23(35)17-34(24)29(38)27(30(2,3)4)33-25(36)14-20-8-6-5-7-9-20/h10-13,18,20,23-25,27,33,35-36H,5-9,14-17H2,1-4H3,(H,31,37)/t23-,24+,25?,27-/m1/s1. The molecule has 8 nitrogen and oxygen atoms in total. The number of benzene rings is 1. The summed E-state index contributed by atoms with van der Waals surface area (Å²) in [4.78, 5) is 34.0. The van der Waals surface area contributed by atoms with E-state index in [1.54, 1.807) is 11.3 Å². The van der Waals surface area contributed by atoms with Crippen molar-refractivity contribution in [1.82, 2.24) is 20.5 Å². The van der Waals surface area contributed by atoms with Crippen LogP contribution < -0.4 is 10.6 Å². The molecule has 1 aromatic carbocycles. The Morgan fingerprint density at radius 1 is 1.15 bits per heavy atom. The third kappa shape index (κ3) is 7.66. The first-order chi connectivity index (χ1) is 18.5. The van der Waals surface area contributed by atoms with Gasteiger partial charge in [0.05, 0.1) is 28.2 Å². The van der Waals surface area contributed by atoms with E-state index in [1.807, 2.05) is 57.5 Å².